The van der Waals surface area contributed by atoms with Crippen LogP contribution in [0, 0.1) is 6.92 Å². The lowest BCUT2D eigenvalue weighted by Gasteiger charge is -2.18. The highest BCUT2D eigenvalue weighted by Gasteiger charge is 1.98. The Bertz CT molecular complexity index is 274. The molecular formula is C13H19N. The van der Waals surface area contributed by atoms with Crippen LogP contribution in [-0.2, 0) is 0 Å². The van der Waals surface area contributed by atoms with Gasteiger partial charge in [0, 0.05) is 19.3 Å². The Morgan fingerprint density at radius 1 is 1.29 bits per heavy atom. The van der Waals surface area contributed by atoms with Crippen molar-refractivity contribution < 1.29 is 0 Å². The van der Waals surface area contributed by atoms with Gasteiger partial charge in [-0.2, -0.15) is 0 Å². The molecule has 1 aromatic rings. The quantitative estimate of drug-likeness (QED) is 0.507. The number of benzene rings is 1. The summed E-state index contributed by atoms with van der Waals surface area (Å²) < 4.78 is 0. The molecule has 1 rings (SSSR count). The first-order chi connectivity index (χ1) is 6.74. The number of hydrogen-bond donors (Lipinski definition) is 0. The second-order valence-electron chi connectivity index (χ2n) is 3.69. The molecule has 1 aromatic carbocycles. The summed E-state index contributed by atoms with van der Waals surface area (Å²) >= 11 is 0. The SMILES string of the molecule is C=CCCCN(C)c1ccc(C)cc1. The fraction of sp³-hybridized carbons (Fsp3) is 0.385. The maximum absolute atomic E-state index is 3.72. The third-order valence-corrected chi connectivity index (χ3v) is 2.38. The van der Waals surface area contributed by atoms with E-state index in [9.17, 15) is 0 Å². The van der Waals surface area contributed by atoms with Crippen molar-refractivity contribution in [3.05, 3.63) is 42.5 Å². The maximum Gasteiger partial charge on any atom is 0.0363 e. The fourth-order valence-electron chi connectivity index (χ4n) is 1.40. The molecule has 0 aromatic heterocycles. The van der Waals surface area contributed by atoms with Gasteiger partial charge in [-0.3, -0.25) is 0 Å². The fourth-order valence-corrected chi connectivity index (χ4v) is 1.40. The van der Waals surface area contributed by atoms with E-state index < -0.39 is 0 Å². The van der Waals surface area contributed by atoms with E-state index in [-0.39, 0.29) is 0 Å². The van der Waals surface area contributed by atoms with Gasteiger partial charge in [0.25, 0.3) is 0 Å². The molecule has 0 amide bonds. The topological polar surface area (TPSA) is 3.24 Å². The number of unbranched alkanes of at least 4 members (excludes halogenated alkanes) is 1. The van der Waals surface area contributed by atoms with E-state index in [1.165, 1.54) is 17.7 Å². The van der Waals surface area contributed by atoms with Gasteiger partial charge in [0.2, 0.25) is 0 Å². The Kier molecular flexibility index (Phi) is 4.24. The lowest BCUT2D eigenvalue weighted by molar-refractivity contribution is 0.802. The monoisotopic (exact) mass is 189 g/mol. The normalized spacial score (nSPS) is 9.86. The number of allylic oxidation sites excluding steroid dienone is 1. The summed E-state index contributed by atoms with van der Waals surface area (Å²) in [6, 6.07) is 8.64. The summed E-state index contributed by atoms with van der Waals surface area (Å²) in [5.74, 6) is 0. The minimum atomic E-state index is 1.09. The van der Waals surface area contributed by atoms with Crippen molar-refractivity contribution in [2.24, 2.45) is 0 Å². The summed E-state index contributed by atoms with van der Waals surface area (Å²) in [7, 11) is 2.13. The van der Waals surface area contributed by atoms with Crippen molar-refractivity contribution in [3.63, 3.8) is 0 Å². The lowest BCUT2D eigenvalue weighted by Crippen LogP contribution is -2.17. The summed E-state index contributed by atoms with van der Waals surface area (Å²) in [6.07, 6.45) is 4.24. The highest BCUT2D eigenvalue weighted by Crippen LogP contribution is 2.13. The van der Waals surface area contributed by atoms with Crippen LogP contribution in [0.1, 0.15) is 18.4 Å². The smallest absolute Gasteiger partial charge is 0.0363 e. The molecule has 0 bridgehead atoms. The Labute approximate surface area is 87.1 Å². The number of aryl methyl sites for hydroxylation is 1. The molecule has 14 heavy (non-hydrogen) atoms. The second kappa shape index (κ2) is 5.48. The zero-order valence-electron chi connectivity index (χ0n) is 9.16. The first-order valence-electron chi connectivity index (χ1n) is 5.12. The molecule has 0 fully saturated rings. The highest BCUT2D eigenvalue weighted by atomic mass is 15.1. The lowest BCUT2D eigenvalue weighted by atomic mass is 10.2. The molecule has 76 valence electrons. The van der Waals surface area contributed by atoms with Gasteiger partial charge in [-0.05, 0) is 31.9 Å². The molecule has 0 aliphatic heterocycles. The highest BCUT2D eigenvalue weighted by molar-refractivity contribution is 5.46. The summed E-state index contributed by atoms with van der Waals surface area (Å²) in [4.78, 5) is 2.28. The van der Waals surface area contributed by atoms with Crippen molar-refractivity contribution in [2.45, 2.75) is 19.8 Å². The number of anilines is 1. The molecule has 0 spiro atoms. The Balaban J connectivity index is 2.47. The van der Waals surface area contributed by atoms with E-state index >= 15 is 0 Å². The average molecular weight is 189 g/mol. The molecule has 1 heteroatoms. The second-order valence-corrected chi connectivity index (χ2v) is 3.69. The zero-order valence-corrected chi connectivity index (χ0v) is 9.16. The number of nitrogens with zero attached hydrogens (tertiary/aromatic N) is 1. The molecule has 0 saturated carbocycles. The van der Waals surface area contributed by atoms with E-state index in [0.717, 1.165) is 13.0 Å². The third kappa shape index (κ3) is 3.25. The van der Waals surface area contributed by atoms with E-state index in [0.29, 0.717) is 0 Å². The van der Waals surface area contributed by atoms with Gasteiger partial charge in [-0.15, -0.1) is 6.58 Å². The molecule has 0 heterocycles. The molecule has 0 saturated heterocycles. The minimum absolute atomic E-state index is 1.09. The maximum atomic E-state index is 3.72. The average Bonchev–Trinajstić information content (AvgIpc) is 2.19. The summed E-state index contributed by atoms with van der Waals surface area (Å²) in [5, 5.41) is 0. The van der Waals surface area contributed by atoms with Gasteiger partial charge in [0.15, 0.2) is 0 Å². The van der Waals surface area contributed by atoms with E-state index in [1.807, 2.05) is 6.08 Å². The van der Waals surface area contributed by atoms with E-state index in [1.54, 1.807) is 0 Å². The van der Waals surface area contributed by atoms with Gasteiger partial charge in [0.05, 0.1) is 0 Å². The Morgan fingerprint density at radius 2 is 1.93 bits per heavy atom. The third-order valence-electron chi connectivity index (χ3n) is 2.38. The minimum Gasteiger partial charge on any atom is -0.375 e. The van der Waals surface area contributed by atoms with Crippen LogP contribution in [0.5, 0.6) is 0 Å². The van der Waals surface area contributed by atoms with Crippen molar-refractivity contribution in [1.82, 2.24) is 0 Å². The van der Waals surface area contributed by atoms with Crippen LogP contribution in [0.25, 0.3) is 0 Å². The van der Waals surface area contributed by atoms with Crippen LogP contribution >= 0.6 is 0 Å². The van der Waals surface area contributed by atoms with Crippen LogP contribution in [0.2, 0.25) is 0 Å². The summed E-state index contributed by atoms with van der Waals surface area (Å²) in [5.41, 5.74) is 2.60. The van der Waals surface area contributed by atoms with Crippen LogP contribution in [0.3, 0.4) is 0 Å². The molecule has 0 unspecified atom stereocenters. The first kappa shape index (κ1) is 10.8. The predicted molar refractivity (Wildman–Crippen MR) is 63.9 cm³/mol. The Hall–Kier alpha value is -1.24. The van der Waals surface area contributed by atoms with Crippen molar-refractivity contribution in [3.8, 4) is 0 Å². The first-order valence-corrected chi connectivity index (χ1v) is 5.12. The molecule has 1 nitrogen and oxygen atoms in total. The molecule has 0 radical (unpaired) electrons. The van der Waals surface area contributed by atoms with E-state index in [2.05, 4.69) is 49.7 Å². The summed E-state index contributed by atoms with van der Waals surface area (Å²) in [6.45, 7) is 6.93. The molecule has 0 N–H and O–H groups in total. The van der Waals surface area contributed by atoms with Crippen LogP contribution in [0.15, 0.2) is 36.9 Å². The largest absolute Gasteiger partial charge is 0.375 e. The van der Waals surface area contributed by atoms with Crippen molar-refractivity contribution >= 4 is 5.69 Å². The number of rotatable bonds is 5. The van der Waals surface area contributed by atoms with Crippen LogP contribution in [-0.4, -0.2) is 13.6 Å². The predicted octanol–water partition coefficient (Wildman–Crippen LogP) is 3.40. The molecule has 0 aliphatic rings. The van der Waals surface area contributed by atoms with Gasteiger partial charge in [-0.25, -0.2) is 0 Å². The van der Waals surface area contributed by atoms with Crippen LogP contribution in [0.4, 0.5) is 5.69 Å². The number of hydrogen-bond acceptors (Lipinski definition) is 1. The van der Waals surface area contributed by atoms with Crippen LogP contribution < -0.4 is 4.90 Å². The standard InChI is InChI=1S/C13H19N/c1-4-5-6-11-14(3)13-9-7-12(2)8-10-13/h4,7-10H,1,5-6,11H2,2-3H3. The van der Waals surface area contributed by atoms with Crippen molar-refractivity contribution in [1.29, 1.82) is 0 Å². The van der Waals surface area contributed by atoms with Gasteiger partial charge in [-0.1, -0.05) is 23.8 Å². The Morgan fingerprint density at radius 3 is 2.50 bits per heavy atom. The molecule has 0 atom stereocenters. The molecule has 0 aliphatic carbocycles. The van der Waals surface area contributed by atoms with Gasteiger partial charge in [0.1, 0.15) is 0 Å². The van der Waals surface area contributed by atoms with Gasteiger partial charge < -0.3 is 4.90 Å². The van der Waals surface area contributed by atoms with Gasteiger partial charge >= 0.3 is 0 Å². The zero-order chi connectivity index (χ0) is 10.4. The van der Waals surface area contributed by atoms with Crippen molar-refractivity contribution in [2.75, 3.05) is 18.5 Å². The molecular weight excluding hydrogens is 170 g/mol. The van der Waals surface area contributed by atoms with E-state index in [4.69, 9.17) is 0 Å².